The molecule has 1 fully saturated rings. The van der Waals surface area contributed by atoms with E-state index >= 15 is 0 Å². The van der Waals surface area contributed by atoms with Crippen LogP contribution in [-0.4, -0.2) is 12.1 Å². The lowest BCUT2D eigenvalue weighted by atomic mass is 9.84. The van der Waals surface area contributed by atoms with Gasteiger partial charge in [-0.15, -0.1) is 0 Å². The molecule has 0 bridgehead atoms. The minimum atomic E-state index is 0.466. The Morgan fingerprint density at radius 2 is 2.07 bits per heavy atom. The van der Waals surface area contributed by atoms with Crippen LogP contribution >= 0.6 is 11.3 Å². The second-order valence-electron chi connectivity index (χ2n) is 4.87. The van der Waals surface area contributed by atoms with E-state index < -0.39 is 0 Å². The number of rotatable bonds is 3. The molecule has 84 valence electrons. The first-order valence-electron chi connectivity index (χ1n) is 5.63. The standard InChI is InChI=1S/C12H19NOS/c1-9-13-10(11(14-3)15-9)8-12(2)6-4-5-7-12/h4-8H2,1-3H3. The lowest BCUT2D eigenvalue weighted by Gasteiger charge is -2.22. The molecule has 15 heavy (non-hydrogen) atoms. The van der Waals surface area contributed by atoms with E-state index in [1.165, 1.54) is 31.4 Å². The van der Waals surface area contributed by atoms with Crippen LogP contribution in [0.2, 0.25) is 0 Å². The summed E-state index contributed by atoms with van der Waals surface area (Å²) in [7, 11) is 1.74. The third kappa shape index (κ3) is 2.33. The fourth-order valence-electron chi connectivity index (χ4n) is 2.53. The van der Waals surface area contributed by atoms with Crippen LogP contribution in [-0.2, 0) is 6.42 Å². The summed E-state index contributed by atoms with van der Waals surface area (Å²) >= 11 is 1.66. The minimum absolute atomic E-state index is 0.466. The van der Waals surface area contributed by atoms with E-state index in [1.54, 1.807) is 18.4 Å². The van der Waals surface area contributed by atoms with E-state index in [0.717, 1.165) is 16.5 Å². The molecule has 1 aliphatic carbocycles. The highest BCUT2D eigenvalue weighted by Gasteiger charge is 2.30. The summed E-state index contributed by atoms with van der Waals surface area (Å²) < 4.78 is 5.38. The van der Waals surface area contributed by atoms with Crippen LogP contribution in [0.1, 0.15) is 43.3 Å². The van der Waals surface area contributed by atoms with Crippen LogP contribution in [0, 0.1) is 12.3 Å². The minimum Gasteiger partial charge on any atom is -0.486 e. The van der Waals surface area contributed by atoms with E-state index in [9.17, 15) is 0 Å². The lowest BCUT2D eigenvalue weighted by molar-refractivity contribution is 0.323. The Bertz CT molecular complexity index is 339. The van der Waals surface area contributed by atoms with Crippen molar-refractivity contribution in [3.63, 3.8) is 0 Å². The van der Waals surface area contributed by atoms with Crippen LogP contribution in [0.5, 0.6) is 5.06 Å². The van der Waals surface area contributed by atoms with Gasteiger partial charge in [-0.1, -0.05) is 31.1 Å². The highest BCUT2D eigenvalue weighted by molar-refractivity contribution is 7.13. The van der Waals surface area contributed by atoms with Gasteiger partial charge in [-0.2, -0.15) is 0 Å². The number of nitrogens with zero attached hydrogens (tertiary/aromatic N) is 1. The number of hydrogen-bond donors (Lipinski definition) is 0. The van der Waals surface area contributed by atoms with E-state index in [-0.39, 0.29) is 0 Å². The number of ether oxygens (including phenoxy) is 1. The summed E-state index contributed by atoms with van der Waals surface area (Å²) in [6.45, 7) is 4.43. The first kappa shape index (κ1) is 10.9. The Kier molecular flexibility index (Phi) is 3.01. The molecule has 2 nitrogen and oxygen atoms in total. The van der Waals surface area contributed by atoms with Gasteiger partial charge in [-0.05, 0) is 31.6 Å². The average molecular weight is 225 g/mol. The Balaban J connectivity index is 2.15. The van der Waals surface area contributed by atoms with Gasteiger partial charge in [0.2, 0.25) is 0 Å². The van der Waals surface area contributed by atoms with Gasteiger partial charge in [-0.25, -0.2) is 4.98 Å². The molecule has 2 rings (SSSR count). The van der Waals surface area contributed by atoms with Crippen molar-refractivity contribution in [2.75, 3.05) is 7.11 Å². The molecule has 0 amide bonds. The van der Waals surface area contributed by atoms with Crippen LogP contribution in [0.25, 0.3) is 0 Å². The highest BCUT2D eigenvalue weighted by atomic mass is 32.1. The number of hydrogen-bond acceptors (Lipinski definition) is 3. The molecule has 3 heteroatoms. The van der Waals surface area contributed by atoms with Crippen molar-refractivity contribution in [1.29, 1.82) is 0 Å². The normalized spacial score (nSPS) is 19.4. The molecule has 0 aromatic carbocycles. The molecule has 0 aliphatic heterocycles. The Morgan fingerprint density at radius 3 is 2.67 bits per heavy atom. The van der Waals surface area contributed by atoms with Crippen LogP contribution in [0.15, 0.2) is 0 Å². The third-order valence-corrected chi connectivity index (χ3v) is 4.33. The Labute approximate surface area is 95.7 Å². The monoisotopic (exact) mass is 225 g/mol. The van der Waals surface area contributed by atoms with Gasteiger partial charge in [0, 0.05) is 0 Å². The molecule has 0 saturated heterocycles. The summed E-state index contributed by atoms with van der Waals surface area (Å²) in [5, 5.41) is 2.13. The molecule has 0 radical (unpaired) electrons. The predicted molar refractivity (Wildman–Crippen MR) is 63.7 cm³/mol. The SMILES string of the molecule is COc1sc(C)nc1CC1(C)CCCC1. The van der Waals surface area contributed by atoms with Gasteiger partial charge < -0.3 is 4.74 Å². The molecule has 1 heterocycles. The van der Waals surface area contributed by atoms with Crippen LogP contribution in [0.3, 0.4) is 0 Å². The first-order chi connectivity index (χ1) is 7.13. The van der Waals surface area contributed by atoms with E-state index in [4.69, 9.17) is 4.74 Å². The smallest absolute Gasteiger partial charge is 0.197 e. The van der Waals surface area contributed by atoms with Crippen molar-refractivity contribution in [3.8, 4) is 5.06 Å². The first-order valence-corrected chi connectivity index (χ1v) is 6.45. The Morgan fingerprint density at radius 1 is 1.40 bits per heavy atom. The van der Waals surface area contributed by atoms with Gasteiger partial charge in [0.05, 0.1) is 17.8 Å². The second kappa shape index (κ2) is 4.12. The fraction of sp³-hybridized carbons (Fsp3) is 0.750. The van der Waals surface area contributed by atoms with Crippen LogP contribution in [0.4, 0.5) is 0 Å². The Hall–Kier alpha value is -0.570. The largest absolute Gasteiger partial charge is 0.486 e. The van der Waals surface area contributed by atoms with E-state index in [1.807, 2.05) is 6.92 Å². The predicted octanol–water partition coefficient (Wildman–Crippen LogP) is 3.58. The number of aryl methyl sites for hydroxylation is 1. The van der Waals surface area contributed by atoms with Gasteiger partial charge >= 0.3 is 0 Å². The topological polar surface area (TPSA) is 22.1 Å². The van der Waals surface area contributed by atoms with Crippen molar-refractivity contribution in [2.24, 2.45) is 5.41 Å². The van der Waals surface area contributed by atoms with Crippen molar-refractivity contribution < 1.29 is 4.74 Å². The zero-order chi connectivity index (χ0) is 10.9. The van der Waals surface area contributed by atoms with Gasteiger partial charge in [0.1, 0.15) is 0 Å². The molecule has 0 atom stereocenters. The van der Waals surface area contributed by atoms with Gasteiger partial charge in [0.15, 0.2) is 5.06 Å². The van der Waals surface area contributed by atoms with Crippen molar-refractivity contribution in [3.05, 3.63) is 10.7 Å². The van der Waals surface area contributed by atoms with Crippen molar-refractivity contribution in [2.45, 2.75) is 46.0 Å². The van der Waals surface area contributed by atoms with Crippen molar-refractivity contribution in [1.82, 2.24) is 4.98 Å². The fourth-order valence-corrected chi connectivity index (χ4v) is 3.28. The summed E-state index contributed by atoms with van der Waals surface area (Å²) in [5.41, 5.74) is 1.64. The van der Waals surface area contributed by atoms with E-state index in [2.05, 4.69) is 11.9 Å². The summed E-state index contributed by atoms with van der Waals surface area (Å²) in [6.07, 6.45) is 6.52. The van der Waals surface area contributed by atoms with E-state index in [0.29, 0.717) is 5.41 Å². The second-order valence-corrected chi connectivity index (χ2v) is 6.03. The lowest BCUT2D eigenvalue weighted by Crippen LogP contribution is -2.15. The maximum Gasteiger partial charge on any atom is 0.197 e. The maximum absolute atomic E-state index is 5.38. The number of thiazole rings is 1. The average Bonchev–Trinajstić information content (AvgIpc) is 2.73. The molecule has 1 saturated carbocycles. The zero-order valence-electron chi connectivity index (χ0n) is 9.80. The van der Waals surface area contributed by atoms with Crippen molar-refractivity contribution >= 4 is 11.3 Å². The van der Waals surface area contributed by atoms with Gasteiger partial charge in [0.25, 0.3) is 0 Å². The molecule has 0 spiro atoms. The third-order valence-electron chi connectivity index (χ3n) is 3.36. The van der Waals surface area contributed by atoms with Crippen LogP contribution < -0.4 is 4.74 Å². The zero-order valence-corrected chi connectivity index (χ0v) is 10.6. The molecule has 0 N–H and O–H groups in total. The highest BCUT2D eigenvalue weighted by Crippen LogP contribution is 2.42. The molecular weight excluding hydrogens is 206 g/mol. The number of methoxy groups -OCH3 is 1. The maximum atomic E-state index is 5.38. The molecule has 1 aromatic rings. The molecule has 1 aromatic heterocycles. The summed E-state index contributed by atoms with van der Waals surface area (Å²) in [4.78, 5) is 4.58. The molecule has 0 unspecified atom stereocenters. The molecular formula is C12H19NOS. The van der Waals surface area contributed by atoms with Gasteiger partial charge in [-0.3, -0.25) is 0 Å². The summed E-state index contributed by atoms with van der Waals surface area (Å²) in [6, 6.07) is 0. The molecule has 1 aliphatic rings. The summed E-state index contributed by atoms with van der Waals surface area (Å²) in [5.74, 6) is 0. The number of aromatic nitrogens is 1. The quantitative estimate of drug-likeness (QED) is 0.784.